The number of anilines is 3. The summed E-state index contributed by atoms with van der Waals surface area (Å²) in [6.45, 7) is 0. The van der Waals surface area contributed by atoms with Gasteiger partial charge in [0.1, 0.15) is 0 Å². The number of para-hydroxylation sites is 2. The minimum absolute atomic E-state index is 0.484. The van der Waals surface area contributed by atoms with Gasteiger partial charge in [0.2, 0.25) is 0 Å². The molecule has 3 nitrogen and oxygen atoms in total. The van der Waals surface area contributed by atoms with E-state index in [-0.39, 0.29) is 0 Å². The van der Waals surface area contributed by atoms with Gasteiger partial charge in [-0.05, 0) is 68.3 Å². The maximum atomic E-state index is 9.75. The van der Waals surface area contributed by atoms with E-state index in [4.69, 9.17) is 0 Å². The second-order valence-corrected chi connectivity index (χ2v) is 14.1. The summed E-state index contributed by atoms with van der Waals surface area (Å²) in [4.78, 5) is 2.37. The summed E-state index contributed by atoms with van der Waals surface area (Å²) in [5.41, 5.74) is 6.15. The Morgan fingerprint density at radius 3 is 1.55 bits per heavy atom. The molecule has 42 heavy (non-hydrogen) atoms. The van der Waals surface area contributed by atoms with Crippen molar-refractivity contribution in [2.75, 3.05) is 4.90 Å². The Bertz CT molecular complexity index is 1910. The molecule has 0 saturated carbocycles. The third-order valence-electron chi connectivity index (χ3n) is 8.22. The summed E-state index contributed by atoms with van der Waals surface area (Å²) in [5.74, 6) is 0. The average molecular weight is 552 g/mol. The van der Waals surface area contributed by atoms with E-state index in [1.54, 1.807) is 12.1 Å². The van der Waals surface area contributed by atoms with Gasteiger partial charge in [-0.1, -0.05) is 115 Å². The Labute approximate surface area is 246 Å². The van der Waals surface area contributed by atoms with Crippen LogP contribution in [-0.4, -0.2) is 8.07 Å². The normalized spacial score (nSPS) is 12.9. The molecule has 0 radical (unpaired) electrons. The third-order valence-corrected chi connectivity index (χ3v) is 13.1. The van der Waals surface area contributed by atoms with Crippen LogP contribution in [-0.2, 0) is 0 Å². The number of rotatable bonds is 4. The zero-order valence-corrected chi connectivity index (χ0v) is 23.8. The van der Waals surface area contributed by atoms with Crippen LogP contribution in [0.25, 0.3) is 11.1 Å². The summed E-state index contributed by atoms with van der Waals surface area (Å²) >= 11 is 0. The van der Waals surface area contributed by atoms with Crippen molar-refractivity contribution in [3.8, 4) is 23.3 Å². The highest BCUT2D eigenvalue weighted by atomic mass is 28.3. The van der Waals surface area contributed by atoms with Crippen molar-refractivity contribution in [1.29, 1.82) is 10.5 Å². The minimum Gasteiger partial charge on any atom is -0.311 e. The van der Waals surface area contributed by atoms with Crippen molar-refractivity contribution >= 4 is 45.9 Å². The van der Waals surface area contributed by atoms with Crippen LogP contribution in [0.5, 0.6) is 0 Å². The SMILES string of the molecule is N#Cc1ccc(-c2ccc(N3c4ccccc4[Si](c4ccccc4)(c4ccccc4)c4ccccc43)cc2)c(C#N)c1. The average Bonchev–Trinajstić information content (AvgIpc) is 3.08. The first-order chi connectivity index (χ1) is 20.8. The van der Waals surface area contributed by atoms with E-state index < -0.39 is 8.07 Å². The fourth-order valence-corrected chi connectivity index (χ4v) is 11.5. The number of benzene rings is 6. The van der Waals surface area contributed by atoms with Gasteiger partial charge >= 0.3 is 0 Å². The van der Waals surface area contributed by atoms with Crippen LogP contribution in [0.4, 0.5) is 17.1 Å². The maximum absolute atomic E-state index is 9.75. The van der Waals surface area contributed by atoms with E-state index in [2.05, 4.69) is 150 Å². The number of hydrogen-bond acceptors (Lipinski definition) is 3. The second-order valence-electron chi connectivity index (χ2n) is 10.4. The highest BCUT2D eigenvalue weighted by Crippen LogP contribution is 2.39. The molecule has 0 unspecified atom stereocenters. The topological polar surface area (TPSA) is 50.8 Å². The lowest BCUT2D eigenvalue weighted by molar-refractivity contribution is 1.29. The molecule has 0 aromatic heterocycles. The van der Waals surface area contributed by atoms with E-state index in [0.717, 1.165) is 16.8 Å². The lowest BCUT2D eigenvalue weighted by Gasteiger charge is -2.45. The van der Waals surface area contributed by atoms with Crippen LogP contribution in [0.3, 0.4) is 0 Å². The number of nitrogens with zero attached hydrogens (tertiary/aromatic N) is 3. The summed E-state index contributed by atoms with van der Waals surface area (Å²) in [5, 5.41) is 24.4. The van der Waals surface area contributed by atoms with E-state index in [0.29, 0.717) is 11.1 Å². The molecule has 6 aromatic carbocycles. The molecule has 0 fully saturated rings. The molecule has 0 saturated heterocycles. The smallest absolute Gasteiger partial charge is 0.184 e. The largest absolute Gasteiger partial charge is 0.311 e. The molecular weight excluding hydrogens is 527 g/mol. The van der Waals surface area contributed by atoms with E-state index >= 15 is 0 Å². The molecule has 0 N–H and O–H groups in total. The highest BCUT2D eigenvalue weighted by molar-refractivity contribution is 7.21. The third kappa shape index (κ3) is 3.86. The number of nitriles is 2. The Kier molecular flexibility index (Phi) is 6.25. The van der Waals surface area contributed by atoms with Gasteiger partial charge in [-0.25, -0.2) is 0 Å². The van der Waals surface area contributed by atoms with Gasteiger partial charge in [0.25, 0.3) is 0 Å². The van der Waals surface area contributed by atoms with Crippen LogP contribution in [0.2, 0.25) is 0 Å². The first-order valence-electron chi connectivity index (χ1n) is 13.9. The Hall–Kier alpha value is -5.68. The summed E-state index contributed by atoms with van der Waals surface area (Å²) in [6, 6.07) is 57.7. The van der Waals surface area contributed by atoms with Crippen molar-refractivity contribution in [3.63, 3.8) is 0 Å². The van der Waals surface area contributed by atoms with Crippen molar-refractivity contribution in [1.82, 2.24) is 0 Å². The molecular formula is C38H25N3Si. The first-order valence-corrected chi connectivity index (χ1v) is 15.9. The van der Waals surface area contributed by atoms with Crippen molar-refractivity contribution < 1.29 is 0 Å². The van der Waals surface area contributed by atoms with E-state index in [9.17, 15) is 10.5 Å². The molecule has 1 heterocycles. The molecule has 0 spiro atoms. The summed E-state index contributed by atoms with van der Waals surface area (Å²) in [6.07, 6.45) is 0. The number of hydrogen-bond donors (Lipinski definition) is 0. The Balaban J connectivity index is 1.45. The van der Waals surface area contributed by atoms with Gasteiger partial charge in [0.15, 0.2) is 8.07 Å². The summed E-state index contributed by atoms with van der Waals surface area (Å²) in [7, 11) is -2.64. The Morgan fingerprint density at radius 2 is 1.02 bits per heavy atom. The molecule has 4 heteroatoms. The van der Waals surface area contributed by atoms with Crippen LogP contribution in [0.15, 0.2) is 152 Å². The van der Waals surface area contributed by atoms with Crippen LogP contribution in [0, 0.1) is 22.7 Å². The highest BCUT2D eigenvalue weighted by Gasteiger charge is 2.48. The molecule has 1 aliphatic heterocycles. The molecule has 0 bridgehead atoms. The lowest BCUT2D eigenvalue weighted by Crippen LogP contribution is -2.77. The number of fused-ring (bicyclic) bond motifs is 2. The lowest BCUT2D eigenvalue weighted by atomic mass is 9.98. The van der Waals surface area contributed by atoms with Gasteiger partial charge in [0, 0.05) is 17.1 Å². The molecule has 1 aliphatic rings. The molecule has 0 amide bonds. The fraction of sp³-hybridized carbons (Fsp3) is 0. The van der Waals surface area contributed by atoms with Crippen molar-refractivity contribution in [2.24, 2.45) is 0 Å². The van der Waals surface area contributed by atoms with E-state index in [1.807, 2.05) is 6.07 Å². The Morgan fingerprint density at radius 1 is 0.500 bits per heavy atom. The van der Waals surface area contributed by atoms with Crippen LogP contribution >= 0.6 is 0 Å². The predicted molar refractivity (Wildman–Crippen MR) is 173 cm³/mol. The van der Waals surface area contributed by atoms with Crippen molar-refractivity contribution in [2.45, 2.75) is 0 Å². The van der Waals surface area contributed by atoms with Gasteiger partial charge < -0.3 is 4.90 Å². The predicted octanol–water partition coefficient (Wildman–Crippen LogP) is 6.26. The quantitative estimate of drug-likeness (QED) is 0.243. The fourth-order valence-electron chi connectivity index (χ4n) is 6.44. The second kappa shape index (κ2) is 10.4. The zero-order chi connectivity index (χ0) is 28.5. The maximum Gasteiger partial charge on any atom is 0.184 e. The van der Waals surface area contributed by atoms with Crippen molar-refractivity contribution in [3.05, 3.63) is 163 Å². The molecule has 6 aromatic rings. The van der Waals surface area contributed by atoms with Gasteiger partial charge in [-0.3, -0.25) is 0 Å². The standard InChI is InChI=1S/C38H25N3Si/c39-26-28-19-24-34(30(25-28)27-40)29-20-22-31(23-21-29)41-35-15-7-9-17-37(35)42(32-11-3-1-4-12-32,33-13-5-2-6-14-33)38-18-10-8-16-36(38)41/h1-25H. The molecule has 7 rings (SSSR count). The summed E-state index contributed by atoms with van der Waals surface area (Å²) < 4.78 is 0. The van der Waals surface area contributed by atoms with Gasteiger partial charge in [0.05, 0.1) is 23.3 Å². The minimum atomic E-state index is -2.64. The van der Waals surface area contributed by atoms with Crippen LogP contribution in [0.1, 0.15) is 11.1 Å². The molecule has 0 atom stereocenters. The zero-order valence-electron chi connectivity index (χ0n) is 22.8. The molecule has 0 aliphatic carbocycles. The first kappa shape index (κ1) is 25.3. The molecule has 196 valence electrons. The van der Waals surface area contributed by atoms with Gasteiger partial charge in [-0.15, -0.1) is 0 Å². The monoisotopic (exact) mass is 551 g/mol. The van der Waals surface area contributed by atoms with Crippen LogP contribution < -0.4 is 25.6 Å². The van der Waals surface area contributed by atoms with Gasteiger partial charge in [-0.2, -0.15) is 10.5 Å². The van der Waals surface area contributed by atoms with E-state index in [1.165, 1.54) is 32.1 Å².